The van der Waals surface area contributed by atoms with Crippen LogP contribution in [0.5, 0.6) is 0 Å². The van der Waals surface area contributed by atoms with E-state index in [2.05, 4.69) is 77.7 Å². The van der Waals surface area contributed by atoms with Crippen molar-refractivity contribution in [3.8, 4) is 11.1 Å². The van der Waals surface area contributed by atoms with Crippen molar-refractivity contribution in [2.75, 3.05) is 6.54 Å². The number of nitrogens with zero attached hydrogens (tertiary/aromatic N) is 1. The van der Waals surface area contributed by atoms with Crippen LogP contribution in [0.2, 0.25) is 0 Å². The minimum atomic E-state index is -0.496. The third-order valence-corrected chi connectivity index (χ3v) is 6.24. The third kappa shape index (κ3) is 2.73. The highest BCUT2D eigenvalue weighted by Gasteiger charge is 2.55. The van der Waals surface area contributed by atoms with E-state index in [1.807, 2.05) is 26.8 Å². The van der Waals surface area contributed by atoms with E-state index in [1.54, 1.807) is 0 Å². The van der Waals surface area contributed by atoms with Gasteiger partial charge in [-0.2, -0.15) is 0 Å². The van der Waals surface area contributed by atoms with Crippen LogP contribution in [0.25, 0.3) is 11.1 Å². The monoisotopic (exact) mass is 397 g/mol. The lowest BCUT2D eigenvalue weighted by Crippen LogP contribution is -2.63. The molecule has 1 aliphatic heterocycles. The number of rotatable bonds is 3. The molecule has 0 unspecified atom stereocenters. The Balaban J connectivity index is 1.73. The molecular formula is C27H27NO2. The molecule has 3 heteroatoms. The molecule has 3 nitrogen and oxygen atoms in total. The van der Waals surface area contributed by atoms with Crippen LogP contribution in [0.4, 0.5) is 0 Å². The summed E-state index contributed by atoms with van der Waals surface area (Å²) < 4.78 is 5.81. The van der Waals surface area contributed by atoms with Crippen molar-refractivity contribution in [1.29, 1.82) is 0 Å². The number of benzene rings is 3. The predicted molar refractivity (Wildman–Crippen MR) is 119 cm³/mol. The van der Waals surface area contributed by atoms with Gasteiger partial charge < -0.3 is 4.74 Å². The summed E-state index contributed by atoms with van der Waals surface area (Å²) in [5.41, 5.74) is 5.17. The number of hydrogen-bond donors (Lipinski definition) is 0. The van der Waals surface area contributed by atoms with Gasteiger partial charge in [0.25, 0.3) is 0 Å². The first-order valence-corrected chi connectivity index (χ1v) is 10.7. The quantitative estimate of drug-likeness (QED) is 0.556. The SMILES string of the molecule is CC(C)(C)OC(=O)[C@@H]1CCN1C1(c2ccccc2)c2ccccc2-c2ccccc21. The first-order valence-electron chi connectivity index (χ1n) is 10.7. The number of ether oxygens (including phenoxy) is 1. The molecule has 1 heterocycles. The van der Waals surface area contributed by atoms with Crippen LogP contribution in [0.15, 0.2) is 78.9 Å². The summed E-state index contributed by atoms with van der Waals surface area (Å²) in [6, 6.07) is 27.5. The molecule has 0 amide bonds. The van der Waals surface area contributed by atoms with Crippen molar-refractivity contribution in [2.24, 2.45) is 0 Å². The van der Waals surface area contributed by atoms with Crippen LogP contribution in [0, 0.1) is 0 Å². The zero-order valence-corrected chi connectivity index (χ0v) is 17.8. The zero-order chi connectivity index (χ0) is 20.9. The van der Waals surface area contributed by atoms with Gasteiger partial charge in [-0.15, -0.1) is 0 Å². The average molecular weight is 398 g/mol. The maximum Gasteiger partial charge on any atom is 0.323 e. The lowest BCUT2D eigenvalue weighted by Gasteiger charge is -2.52. The Morgan fingerprint density at radius 3 is 1.90 bits per heavy atom. The van der Waals surface area contributed by atoms with Crippen LogP contribution in [-0.2, 0) is 15.1 Å². The van der Waals surface area contributed by atoms with Crippen molar-refractivity contribution < 1.29 is 9.53 Å². The molecule has 0 aromatic heterocycles. The highest BCUT2D eigenvalue weighted by molar-refractivity contribution is 5.85. The normalized spacial score (nSPS) is 19.5. The molecule has 1 aliphatic carbocycles. The molecule has 1 saturated heterocycles. The minimum Gasteiger partial charge on any atom is -0.459 e. The van der Waals surface area contributed by atoms with Gasteiger partial charge in [-0.3, -0.25) is 9.69 Å². The molecular weight excluding hydrogens is 370 g/mol. The molecule has 0 radical (unpaired) electrons. The molecule has 0 N–H and O–H groups in total. The lowest BCUT2D eigenvalue weighted by atomic mass is 9.75. The van der Waals surface area contributed by atoms with Crippen molar-refractivity contribution >= 4 is 5.97 Å². The lowest BCUT2D eigenvalue weighted by molar-refractivity contribution is -0.170. The van der Waals surface area contributed by atoms with Crippen molar-refractivity contribution in [3.05, 3.63) is 95.6 Å². The Morgan fingerprint density at radius 1 is 0.867 bits per heavy atom. The Labute approximate surface area is 178 Å². The summed E-state index contributed by atoms with van der Waals surface area (Å²) in [5.74, 6) is -0.133. The highest BCUT2D eigenvalue weighted by Crippen LogP contribution is 2.56. The first-order chi connectivity index (χ1) is 14.4. The summed E-state index contributed by atoms with van der Waals surface area (Å²) >= 11 is 0. The summed E-state index contributed by atoms with van der Waals surface area (Å²) in [6.07, 6.45) is 0.813. The minimum absolute atomic E-state index is 0.133. The predicted octanol–water partition coefficient (Wildman–Crippen LogP) is 5.37. The summed E-state index contributed by atoms with van der Waals surface area (Å²) in [5, 5.41) is 0. The van der Waals surface area contributed by atoms with Crippen LogP contribution in [0.3, 0.4) is 0 Å². The topological polar surface area (TPSA) is 29.5 Å². The molecule has 30 heavy (non-hydrogen) atoms. The van der Waals surface area contributed by atoms with Crippen LogP contribution < -0.4 is 0 Å². The molecule has 152 valence electrons. The van der Waals surface area contributed by atoms with Gasteiger partial charge in [0.15, 0.2) is 0 Å². The number of carbonyl (C=O) groups excluding carboxylic acids is 1. The van der Waals surface area contributed by atoms with Gasteiger partial charge in [0.1, 0.15) is 11.6 Å². The fourth-order valence-electron chi connectivity index (χ4n) is 5.08. The number of likely N-dealkylation sites (tertiary alicyclic amines) is 1. The van der Waals surface area contributed by atoms with Gasteiger partial charge in [0, 0.05) is 6.54 Å². The van der Waals surface area contributed by atoms with Gasteiger partial charge in [-0.1, -0.05) is 78.9 Å². The number of carbonyl (C=O) groups is 1. The van der Waals surface area contributed by atoms with Crippen LogP contribution >= 0.6 is 0 Å². The average Bonchev–Trinajstić information content (AvgIpc) is 2.98. The molecule has 1 atom stereocenters. The summed E-state index contributed by atoms with van der Waals surface area (Å²) in [7, 11) is 0. The molecule has 0 bridgehead atoms. The third-order valence-electron chi connectivity index (χ3n) is 6.24. The number of esters is 1. The highest BCUT2D eigenvalue weighted by atomic mass is 16.6. The zero-order valence-electron chi connectivity index (χ0n) is 17.8. The van der Waals surface area contributed by atoms with Gasteiger partial charge >= 0.3 is 5.97 Å². The Morgan fingerprint density at radius 2 is 1.40 bits per heavy atom. The molecule has 1 fully saturated rings. The smallest absolute Gasteiger partial charge is 0.323 e. The Hall–Kier alpha value is -2.91. The van der Waals surface area contributed by atoms with E-state index in [0.29, 0.717) is 0 Å². The second kappa shape index (κ2) is 6.82. The van der Waals surface area contributed by atoms with Crippen LogP contribution in [0.1, 0.15) is 43.9 Å². The van der Waals surface area contributed by atoms with Gasteiger partial charge in [0.05, 0.1) is 5.54 Å². The second-order valence-corrected chi connectivity index (χ2v) is 9.20. The van der Waals surface area contributed by atoms with Gasteiger partial charge in [0.2, 0.25) is 0 Å². The Bertz CT molecular complexity index is 1050. The van der Waals surface area contributed by atoms with E-state index in [4.69, 9.17) is 4.74 Å². The standard InChI is InChI=1S/C27H27NO2/c1-26(2,3)30-25(29)24-17-18-28(24)27(19-11-5-4-6-12-19)22-15-9-7-13-20(22)21-14-8-10-16-23(21)27/h4-16,24H,17-18H2,1-3H3/t24-/m0/s1. The first kappa shape index (κ1) is 19.1. The van der Waals surface area contributed by atoms with Crippen molar-refractivity contribution in [2.45, 2.75) is 44.4 Å². The molecule has 2 aliphatic rings. The molecule has 5 rings (SSSR count). The van der Waals surface area contributed by atoms with E-state index >= 15 is 0 Å². The number of hydrogen-bond acceptors (Lipinski definition) is 3. The van der Waals surface area contributed by atoms with E-state index < -0.39 is 11.1 Å². The summed E-state index contributed by atoms with van der Waals surface area (Å²) in [6.45, 7) is 6.64. The largest absolute Gasteiger partial charge is 0.459 e. The van der Waals surface area contributed by atoms with E-state index in [0.717, 1.165) is 13.0 Å². The van der Waals surface area contributed by atoms with E-state index in [1.165, 1.54) is 27.8 Å². The Kier molecular flexibility index (Phi) is 4.33. The van der Waals surface area contributed by atoms with Gasteiger partial charge in [-0.25, -0.2) is 0 Å². The van der Waals surface area contributed by atoms with Crippen molar-refractivity contribution in [1.82, 2.24) is 4.90 Å². The molecule has 3 aromatic rings. The maximum atomic E-state index is 13.1. The fourth-order valence-corrected chi connectivity index (χ4v) is 5.08. The molecule has 3 aromatic carbocycles. The maximum absolute atomic E-state index is 13.1. The van der Waals surface area contributed by atoms with Crippen molar-refractivity contribution in [3.63, 3.8) is 0 Å². The fraction of sp³-hybridized carbons (Fsp3) is 0.296. The van der Waals surface area contributed by atoms with E-state index in [9.17, 15) is 4.79 Å². The van der Waals surface area contributed by atoms with Crippen LogP contribution in [-0.4, -0.2) is 29.1 Å². The second-order valence-electron chi connectivity index (χ2n) is 9.20. The van der Waals surface area contributed by atoms with E-state index in [-0.39, 0.29) is 12.0 Å². The molecule has 0 spiro atoms. The number of fused-ring (bicyclic) bond motifs is 3. The summed E-state index contributed by atoms with van der Waals surface area (Å²) in [4.78, 5) is 15.5. The van der Waals surface area contributed by atoms with Gasteiger partial charge in [-0.05, 0) is 55.0 Å². The molecule has 0 saturated carbocycles.